The van der Waals surface area contributed by atoms with Crippen LogP contribution in [0.15, 0.2) is 199 Å². The van der Waals surface area contributed by atoms with Crippen molar-refractivity contribution in [3.63, 3.8) is 0 Å². The van der Waals surface area contributed by atoms with Crippen molar-refractivity contribution in [3.8, 4) is 62.1 Å². The van der Waals surface area contributed by atoms with Gasteiger partial charge in [0.1, 0.15) is 11.2 Å². The first kappa shape index (κ1) is 31.9. The molecule has 0 N–H and O–H groups in total. The van der Waals surface area contributed by atoms with E-state index in [4.69, 9.17) is 19.4 Å². The van der Waals surface area contributed by atoms with Crippen molar-refractivity contribution in [2.45, 2.75) is 0 Å². The van der Waals surface area contributed by atoms with E-state index in [0.29, 0.717) is 17.5 Å². The van der Waals surface area contributed by atoms with Crippen LogP contribution in [-0.4, -0.2) is 19.5 Å². The molecule has 0 aliphatic heterocycles. The Hall–Kier alpha value is -7.63. The summed E-state index contributed by atoms with van der Waals surface area (Å²) < 4.78 is 9.24. The highest BCUT2D eigenvalue weighted by molar-refractivity contribution is 6.14. The van der Waals surface area contributed by atoms with E-state index in [1.165, 1.54) is 16.3 Å². The predicted molar refractivity (Wildman–Crippen MR) is 229 cm³/mol. The predicted octanol–water partition coefficient (Wildman–Crippen LogP) is 13.2. The van der Waals surface area contributed by atoms with Gasteiger partial charge in [0, 0.05) is 49.5 Å². The van der Waals surface area contributed by atoms with Crippen molar-refractivity contribution in [3.05, 3.63) is 194 Å². The molecule has 0 saturated heterocycles. The second-order valence-corrected chi connectivity index (χ2v) is 14.0. The molecule has 0 bridgehead atoms. The van der Waals surface area contributed by atoms with Crippen LogP contribution < -0.4 is 0 Å². The summed E-state index contributed by atoms with van der Waals surface area (Å²) in [7, 11) is 0. The summed E-state index contributed by atoms with van der Waals surface area (Å²) in [5.41, 5.74) is 12.1. The van der Waals surface area contributed by atoms with Gasteiger partial charge in [0.2, 0.25) is 0 Å². The maximum absolute atomic E-state index is 6.89. The Morgan fingerprint density at radius 2 is 0.911 bits per heavy atom. The molecule has 0 radical (unpaired) electrons. The number of benzene rings is 8. The third kappa shape index (κ3) is 5.29. The minimum absolute atomic E-state index is 0.601. The van der Waals surface area contributed by atoms with Gasteiger partial charge in [0.25, 0.3) is 0 Å². The molecular weight excluding hydrogens is 685 g/mol. The number of hydrogen-bond donors (Lipinski definition) is 0. The van der Waals surface area contributed by atoms with Crippen molar-refractivity contribution in [1.29, 1.82) is 0 Å². The zero-order valence-electron chi connectivity index (χ0n) is 30.2. The van der Waals surface area contributed by atoms with Gasteiger partial charge >= 0.3 is 0 Å². The fourth-order valence-corrected chi connectivity index (χ4v) is 8.04. The monoisotopic (exact) mass is 716 g/mol. The van der Waals surface area contributed by atoms with Gasteiger partial charge in [-0.2, -0.15) is 0 Å². The lowest BCUT2D eigenvalue weighted by molar-refractivity contribution is 0.670. The second kappa shape index (κ2) is 13.0. The molecule has 5 nitrogen and oxygen atoms in total. The van der Waals surface area contributed by atoms with Gasteiger partial charge in [-0.3, -0.25) is 0 Å². The van der Waals surface area contributed by atoms with E-state index in [1.54, 1.807) is 0 Å². The lowest BCUT2D eigenvalue weighted by Crippen LogP contribution is -2.01. The van der Waals surface area contributed by atoms with Crippen LogP contribution in [-0.2, 0) is 0 Å². The number of furan rings is 1. The highest BCUT2D eigenvalue weighted by Gasteiger charge is 2.21. The summed E-state index contributed by atoms with van der Waals surface area (Å²) in [6, 6.07) is 67.3. The van der Waals surface area contributed by atoms with E-state index < -0.39 is 0 Å². The van der Waals surface area contributed by atoms with E-state index in [0.717, 1.165) is 72.1 Å². The highest BCUT2D eigenvalue weighted by atomic mass is 16.3. The molecule has 0 saturated carbocycles. The molecule has 0 aliphatic rings. The smallest absolute Gasteiger partial charge is 0.164 e. The zero-order chi connectivity index (χ0) is 37.0. The summed E-state index contributed by atoms with van der Waals surface area (Å²) in [5, 5.41) is 4.44. The van der Waals surface area contributed by atoms with Gasteiger partial charge in [-0.15, -0.1) is 0 Å². The molecule has 0 spiro atoms. The molecule has 11 rings (SSSR count). The lowest BCUT2D eigenvalue weighted by Gasteiger charge is -2.12. The molecule has 0 unspecified atom stereocenters. The third-order valence-electron chi connectivity index (χ3n) is 10.7. The van der Waals surface area contributed by atoms with Gasteiger partial charge in [0.05, 0.1) is 11.0 Å². The summed E-state index contributed by atoms with van der Waals surface area (Å²) >= 11 is 0. The van der Waals surface area contributed by atoms with Gasteiger partial charge in [-0.25, -0.2) is 15.0 Å². The number of para-hydroxylation sites is 3. The van der Waals surface area contributed by atoms with Crippen LogP contribution in [0.1, 0.15) is 0 Å². The standard InChI is InChI=1S/C51H32N4O/c1-5-16-33(17-6-1)41-32-47-43(31-44(41)51-53-49(34-18-7-2-8-19-34)52-50(54-51)35-20-9-3-10-21-35)40-26-15-25-38(48(40)56-47)36-28-29-46-42(30-36)39-24-13-14-27-45(39)55(46)37-22-11-4-12-23-37/h1-32H. The Labute approximate surface area is 322 Å². The van der Waals surface area contributed by atoms with E-state index >= 15 is 0 Å². The molecular formula is C51H32N4O. The fraction of sp³-hybridized carbons (Fsp3) is 0. The first-order valence-electron chi connectivity index (χ1n) is 18.8. The molecule has 0 atom stereocenters. The van der Waals surface area contributed by atoms with Gasteiger partial charge in [0.15, 0.2) is 17.5 Å². The Morgan fingerprint density at radius 3 is 1.61 bits per heavy atom. The van der Waals surface area contributed by atoms with Crippen molar-refractivity contribution in [1.82, 2.24) is 19.5 Å². The number of aromatic nitrogens is 4. The Morgan fingerprint density at radius 1 is 0.339 bits per heavy atom. The Balaban J connectivity index is 1.13. The van der Waals surface area contributed by atoms with E-state index in [-0.39, 0.29) is 0 Å². The summed E-state index contributed by atoms with van der Waals surface area (Å²) in [5.74, 6) is 1.85. The van der Waals surface area contributed by atoms with Crippen molar-refractivity contribution in [2.24, 2.45) is 0 Å². The molecule has 56 heavy (non-hydrogen) atoms. The lowest BCUT2D eigenvalue weighted by atomic mass is 9.95. The minimum Gasteiger partial charge on any atom is -0.455 e. The second-order valence-electron chi connectivity index (χ2n) is 14.0. The van der Waals surface area contributed by atoms with E-state index in [1.807, 2.05) is 66.7 Å². The zero-order valence-corrected chi connectivity index (χ0v) is 30.2. The molecule has 11 aromatic rings. The SMILES string of the molecule is c1ccc(-c2nc(-c3ccccc3)nc(-c3cc4c(cc3-c3ccccc3)oc3c(-c5ccc6c(c5)c5ccccc5n6-c5ccccc5)cccc34)n2)cc1. The maximum Gasteiger partial charge on any atom is 0.164 e. The topological polar surface area (TPSA) is 56.7 Å². The first-order valence-corrected chi connectivity index (χ1v) is 18.8. The molecule has 3 heterocycles. The largest absolute Gasteiger partial charge is 0.455 e. The van der Waals surface area contributed by atoms with Crippen LogP contribution in [0.25, 0.3) is 106 Å². The van der Waals surface area contributed by atoms with Crippen molar-refractivity contribution in [2.75, 3.05) is 0 Å². The maximum atomic E-state index is 6.89. The normalized spacial score (nSPS) is 11.6. The highest BCUT2D eigenvalue weighted by Crippen LogP contribution is 2.43. The molecule has 0 amide bonds. The van der Waals surface area contributed by atoms with Crippen LogP contribution in [0.3, 0.4) is 0 Å². The van der Waals surface area contributed by atoms with Crippen LogP contribution in [0.5, 0.6) is 0 Å². The first-order chi connectivity index (χ1) is 27.8. The van der Waals surface area contributed by atoms with Crippen molar-refractivity contribution < 1.29 is 4.42 Å². The average Bonchev–Trinajstić information content (AvgIpc) is 3.82. The van der Waals surface area contributed by atoms with E-state index in [9.17, 15) is 0 Å². The number of rotatable bonds is 6. The van der Waals surface area contributed by atoms with Crippen LogP contribution in [0.4, 0.5) is 0 Å². The van der Waals surface area contributed by atoms with E-state index in [2.05, 4.69) is 132 Å². The summed E-state index contributed by atoms with van der Waals surface area (Å²) in [6.45, 7) is 0. The fourth-order valence-electron chi connectivity index (χ4n) is 8.04. The molecule has 0 aliphatic carbocycles. The molecule has 5 heteroatoms. The number of nitrogens with zero attached hydrogens (tertiary/aromatic N) is 4. The number of fused-ring (bicyclic) bond motifs is 6. The van der Waals surface area contributed by atoms with Crippen LogP contribution >= 0.6 is 0 Å². The van der Waals surface area contributed by atoms with Crippen LogP contribution in [0, 0.1) is 0 Å². The quantitative estimate of drug-likeness (QED) is 0.172. The van der Waals surface area contributed by atoms with Crippen LogP contribution in [0.2, 0.25) is 0 Å². The van der Waals surface area contributed by atoms with Gasteiger partial charge in [-0.05, 0) is 59.2 Å². The summed E-state index contributed by atoms with van der Waals surface area (Å²) in [6.07, 6.45) is 0. The number of hydrogen-bond acceptors (Lipinski definition) is 4. The average molecular weight is 717 g/mol. The molecule has 8 aromatic carbocycles. The molecule has 262 valence electrons. The Bertz CT molecular complexity index is 3170. The van der Waals surface area contributed by atoms with Gasteiger partial charge in [-0.1, -0.05) is 152 Å². The van der Waals surface area contributed by atoms with Gasteiger partial charge < -0.3 is 8.98 Å². The van der Waals surface area contributed by atoms with Crippen molar-refractivity contribution >= 4 is 43.7 Å². The summed E-state index contributed by atoms with van der Waals surface area (Å²) in [4.78, 5) is 15.3. The molecule has 0 fully saturated rings. The minimum atomic E-state index is 0.601. The molecule has 3 aromatic heterocycles. The Kier molecular flexibility index (Phi) is 7.42. The third-order valence-corrected chi connectivity index (χ3v) is 10.7.